The summed E-state index contributed by atoms with van der Waals surface area (Å²) in [5.41, 5.74) is 0.0733. The van der Waals surface area contributed by atoms with Gasteiger partial charge in [0.05, 0.1) is 6.04 Å². The van der Waals surface area contributed by atoms with Crippen molar-refractivity contribution in [2.45, 2.75) is 83.6 Å². The van der Waals surface area contributed by atoms with Gasteiger partial charge in [-0.25, -0.2) is 13.6 Å². The van der Waals surface area contributed by atoms with E-state index in [-0.39, 0.29) is 23.9 Å². The molecule has 176 valence electrons. The number of hydrogen-bond donors (Lipinski definition) is 1. The smallest absolute Gasteiger partial charge is 0.410 e. The number of amides is 1. The van der Waals surface area contributed by atoms with Gasteiger partial charge in [0.25, 0.3) is 5.92 Å². The van der Waals surface area contributed by atoms with E-state index in [0.29, 0.717) is 25.1 Å². The third kappa shape index (κ3) is 7.61. The minimum atomic E-state index is -2.97. The normalized spacial score (nSPS) is 17.8. The predicted octanol–water partition coefficient (Wildman–Crippen LogP) is 5.54. The van der Waals surface area contributed by atoms with Crippen molar-refractivity contribution >= 4 is 17.5 Å². The lowest BCUT2D eigenvalue weighted by Crippen LogP contribution is -2.51. The first kappa shape index (κ1) is 25.9. The second-order valence-corrected chi connectivity index (χ2v) is 12.3. The summed E-state index contributed by atoms with van der Waals surface area (Å²) < 4.78 is 49.9. The third-order valence-electron chi connectivity index (χ3n) is 5.12. The van der Waals surface area contributed by atoms with Gasteiger partial charge in [-0.2, -0.15) is 0 Å². The summed E-state index contributed by atoms with van der Waals surface area (Å²) >= 11 is -1.29. The Hall–Kier alpha value is -1.38. The molecule has 0 spiro atoms. The fourth-order valence-corrected chi connectivity index (χ4v) is 4.01. The molecule has 0 bridgehead atoms. The molecule has 1 aliphatic heterocycles. The van der Waals surface area contributed by atoms with Crippen LogP contribution in [-0.2, 0) is 22.0 Å². The molecular formula is C23H36F2N2O3S. The highest BCUT2D eigenvalue weighted by atomic mass is 32.2. The van der Waals surface area contributed by atoms with Crippen molar-refractivity contribution in [3.8, 4) is 0 Å². The lowest BCUT2D eigenvalue weighted by molar-refractivity contribution is -0.0338. The van der Waals surface area contributed by atoms with E-state index in [4.69, 9.17) is 4.74 Å². The number of carbonyl (C=O) groups excluding carboxylic acids is 1. The first-order chi connectivity index (χ1) is 14.1. The van der Waals surface area contributed by atoms with E-state index < -0.39 is 33.7 Å². The predicted molar refractivity (Wildman–Crippen MR) is 120 cm³/mol. The topological polar surface area (TPSA) is 64.6 Å². The van der Waals surface area contributed by atoms with Crippen molar-refractivity contribution in [2.24, 2.45) is 5.92 Å². The van der Waals surface area contributed by atoms with Crippen LogP contribution in [0.2, 0.25) is 0 Å². The zero-order chi connectivity index (χ0) is 23.6. The summed E-state index contributed by atoms with van der Waals surface area (Å²) in [4.78, 5) is 13.5. The van der Waals surface area contributed by atoms with Crippen LogP contribution in [0.4, 0.5) is 13.6 Å². The molecule has 5 nitrogen and oxygen atoms in total. The Labute approximate surface area is 188 Å². The largest absolute Gasteiger partial charge is 0.598 e. The molecule has 8 heteroatoms. The number of benzene rings is 1. The number of ether oxygens (including phenoxy) is 1. The van der Waals surface area contributed by atoms with Gasteiger partial charge < -0.3 is 14.2 Å². The number of likely N-dealkylation sites (tertiary alicyclic amines) is 1. The Balaban J connectivity index is 1.90. The van der Waals surface area contributed by atoms with Gasteiger partial charge in [-0.05, 0) is 72.4 Å². The molecule has 1 fully saturated rings. The molecule has 1 amide bonds. The van der Waals surface area contributed by atoms with Gasteiger partial charge in [-0.3, -0.25) is 0 Å². The van der Waals surface area contributed by atoms with Crippen LogP contribution in [0.5, 0.6) is 0 Å². The van der Waals surface area contributed by atoms with E-state index in [9.17, 15) is 18.1 Å². The minimum Gasteiger partial charge on any atom is -0.598 e. The molecule has 1 saturated heterocycles. The Bertz CT molecular complexity index is 756. The van der Waals surface area contributed by atoms with Crippen molar-refractivity contribution in [1.82, 2.24) is 9.62 Å². The summed E-state index contributed by atoms with van der Waals surface area (Å²) in [5.74, 6) is -2.91. The zero-order valence-corrected chi connectivity index (χ0v) is 20.4. The van der Waals surface area contributed by atoms with Crippen LogP contribution in [0.25, 0.3) is 0 Å². The maximum atomic E-state index is 14.9. The summed E-state index contributed by atoms with van der Waals surface area (Å²) in [5, 5.41) is 0. The van der Waals surface area contributed by atoms with E-state index >= 15 is 0 Å². The van der Waals surface area contributed by atoms with Gasteiger partial charge in [0, 0.05) is 36.4 Å². The minimum absolute atomic E-state index is 0.0384. The van der Waals surface area contributed by atoms with Gasteiger partial charge in [-0.15, -0.1) is 4.72 Å². The Morgan fingerprint density at radius 1 is 1.26 bits per heavy atom. The number of carbonyl (C=O) groups is 1. The molecule has 31 heavy (non-hydrogen) atoms. The highest BCUT2D eigenvalue weighted by molar-refractivity contribution is 7.90. The first-order valence-electron chi connectivity index (χ1n) is 10.7. The molecule has 0 aliphatic carbocycles. The van der Waals surface area contributed by atoms with Crippen LogP contribution in [0.15, 0.2) is 24.3 Å². The van der Waals surface area contributed by atoms with E-state index in [0.717, 1.165) is 0 Å². The van der Waals surface area contributed by atoms with Gasteiger partial charge in [0.2, 0.25) is 0 Å². The van der Waals surface area contributed by atoms with Crippen LogP contribution < -0.4 is 4.72 Å². The van der Waals surface area contributed by atoms with Crippen LogP contribution in [0, 0.1) is 5.92 Å². The van der Waals surface area contributed by atoms with E-state index in [1.54, 1.807) is 37.8 Å². The molecule has 0 aromatic heterocycles. The Morgan fingerprint density at radius 3 is 2.42 bits per heavy atom. The standard InChI is InChI=1S/C23H36F2N2O3S/c1-16(26-31(29)22(5,6)7)18-9-8-10-19(13-18)23(24,25)12-11-17-14-27(15-17)20(28)30-21(2,3)4/h8-10,13,16-17,26H,11-12,14-15H2,1-7H3/t16?,31-/m1/s1. The second-order valence-electron chi connectivity index (χ2n) is 10.3. The highest BCUT2D eigenvalue weighted by Crippen LogP contribution is 2.37. The molecular weight excluding hydrogens is 422 g/mol. The maximum Gasteiger partial charge on any atom is 0.410 e. The molecule has 1 aromatic carbocycles. The Morgan fingerprint density at radius 2 is 1.87 bits per heavy atom. The summed E-state index contributed by atoms with van der Waals surface area (Å²) in [6.07, 6.45) is -0.338. The number of nitrogens with one attached hydrogen (secondary N) is 1. The number of nitrogens with zero attached hydrogens (tertiary/aromatic N) is 1. The molecule has 2 atom stereocenters. The molecule has 1 aromatic rings. The number of rotatable bonds is 7. The molecule has 2 rings (SSSR count). The molecule has 0 saturated carbocycles. The summed E-state index contributed by atoms with van der Waals surface area (Å²) in [6.45, 7) is 13.7. The lowest BCUT2D eigenvalue weighted by atomic mass is 9.91. The average Bonchev–Trinajstić information content (AvgIpc) is 2.58. The monoisotopic (exact) mass is 458 g/mol. The SMILES string of the molecule is CC(N[S@+]([O-])C(C)(C)C)c1cccc(C(F)(F)CCC2CN(C(=O)OC(C)(C)C)C2)c1. The van der Waals surface area contributed by atoms with Crippen molar-refractivity contribution in [3.63, 3.8) is 0 Å². The van der Waals surface area contributed by atoms with Crippen molar-refractivity contribution in [2.75, 3.05) is 13.1 Å². The van der Waals surface area contributed by atoms with E-state index in [1.165, 1.54) is 12.1 Å². The van der Waals surface area contributed by atoms with Gasteiger partial charge in [0.15, 0.2) is 0 Å². The maximum absolute atomic E-state index is 14.9. The summed E-state index contributed by atoms with van der Waals surface area (Å²) in [7, 11) is 0. The molecule has 1 N–H and O–H groups in total. The molecule has 1 heterocycles. The second kappa shape index (κ2) is 9.63. The first-order valence-corrected chi connectivity index (χ1v) is 11.9. The molecule has 1 unspecified atom stereocenters. The number of halogens is 2. The van der Waals surface area contributed by atoms with E-state index in [2.05, 4.69) is 4.72 Å². The van der Waals surface area contributed by atoms with Crippen molar-refractivity contribution in [3.05, 3.63) is 35.4 Å². The fraction of sp³-hybridized carbons (Fsp3) is 0.696. The van der Waals surface area contributed by atoms with Crippen LogP contribution in [-0.4, -0.2) is 39.0 Å². The average molecular weight is 459 g/mol. The fourth-order valence-electron chi connectivity index (χ4n) is 3.20. The van der Waals surface area contributed by atoms with Gasteiger partial charge >= 0.3 is 6.09 Å². The quantitative estimate of drug-likeness (QED) is 0.545. The van der Waals surface area contributed by atoms with Crippen LogP contribution in [0.1, 0.15) is 78.5 Å². The molecule has 0 radical (unpaired) electrons. The highest BCUT2D eigenvalue weighted by Gasteiger charge is 2.38. The number of alkyl halides is 2. The lowest BCUT2D eigenvalue weighted by Gasteiger charge is -2.40. The van der Waals surface area contributed by atoms with Crippen LogP contribution >= 0.6 is 0 Å². The van der Waals surface area contributed by atoms with Crippen molar-refractivity contribution < 1.29 is 22.9 Å². The molecule has 1 aliphatic rings. The third-order valence-corrected chi connectivity index (χ3v) is 6.80. The van der Waals surface area contributed by atoms with Gasteiger partial charge in [-0.1, -0.05) is 18.2 Å². The Kier molecular flexibility index (Phi) is 8.04. The zero-order valence-electron chi connectivity index (χ0n) is 19.6. The van der Waals surface area contributed by atoms with Crippen LogP contribution in [0.3, 0.4) is 0 Å². The number of hydrogen-bond acceptors (Lipinski definition) is 4. The van der Waals surface area contributed by atoms with Gasteiger partial charge in [0.1, 0.15) is 10.3 Å². The van der Waals surface area contributed by atoms with Crippen molar-refractivity contribution in [1.29, 1.82) is 0 Å². The van der Waals surface area contributed by atoms with E-state index in [1.807, 2.05) is 27.7 Å². The summed E-state index contributed by atoms with van der Waals surface area (Å²) in [6, 6.07) is 5.99.